The minimum atomic E-state index is -3.78. The zero-order chi connectivity index (χ0) is 16.3. The summed E-state index contributed by atoms with van der Waals surface area (Å²) in [6.07, 6.45) is 1.95. The number of hydrogen-bond acceptors (Lipinski definition) is 6. The molecule has 1 saturated carbocycles. The molecule has 0 heterocycles. The maximum atomic E-state index is 12.5. The van der Waals surface area contributed by atoms with Gasteiger partial charge in [-0.2, -0.15) is 0 Å². The second-order valence-electron chi connectivity index (χ2n) is 5.16. The number of carbonyl (C=O) groups excluding carboxylic acids is 1. The fourth-order valence-corrected chi connectivity index (χ4v) is 3.70. The van der Waals surface area contributed by atoms with Crippen molar-refractivity contribution in [1.82, 2.24) is 4.72 Å². The second kappa shape index (κ2) is 6.64. The van der Waals surface area contributed by atoms with Crippen molar-refractivity contribution >= 4 is 16.0 Å². The van der Waals surface area contributed by atoms with E-state index in [9.17, 15) is 13.2 Å². The van der Waals surface area contributed by atoms with E-state index < -0.39 is 16.0 Å². The van der Waals surface area contributed by atoms with Crippen LogP contribution < -0.4 is 15.2 Å². The van der Waals surface area contributed by atoms with E-state index >= 15 is 0 Å². The Morgan fingerprint density at radius 1 is 1.41 bits per heavy atom. The van der Waals surface area contributed by atoms with Gasteiger partial charge in [0.2, 0.25) is 10.0 Å². The maximum absolute atomic E-state index is 12.5. The van der Waals surface area contributed by atoms with Crippen LogP contribution in [0.2, 0.25) is 0 Å². The molecular formula is C14H20N2O5S. The Balaban J connectivity index is 2.31. The number of esters is 1. The molecule has 8 heteroatoms. The van der Waals surface area contributed by atoms with Gasteiger partial charge in [0, 0.05) is 12.6 Å². The van der Waals surface area contributed by atoms with Crippen LogP contribution >= 0.6 is 0 Å². The van der Waals surface area contributed by atoms with Gasteiger partial charge in [-0.3, -0.25) is 0 Å². The lowest BCUT2D eigenvalue weighted by molar-refractivity contribution is 0.0600. The lowest BCUT2D eigenvalue weighted by atomic mass is 10.2. The molecule has 1 fully saturated rings. The summed E-state index contributed by atoms with van der Waals surface area (Å²) in [5.41, 5.74) is 5.85. The van der Waals surface area contributed by atoms with Gasteiger partial charge >= 0.3 is 5.97 Å². The molecule has 0 spiro atoms. The van der Waals surface area contributed by atoms with Crippen LogP contribution in [0.3, 0.4) is 0 Å². The molecule has 1 aromatic carbocycles. The highest BCUT2D eigenvalue weighted by atomic mass is 32.2. The highest BCUT2D eigenvalue weighted by Crippen LogP contribution is 2.33. The lowest BCUT2D eigenvalue weighted by Crippen LogP contribution is -2.41. The maximum Gasteiger partial charge on any atom is 0.337 e. The average molecular weight is 328 g/mol. The first-order valence-electron chi connectivity index (χ1n) is 6.91. The number of sulfonamides is 1. The van der Waals surface area contributed by atoms with Crippen LogP contribution in [0.15, 0.2) is 23.1 Å². The average Bonchev–Trinajstić information content (AvgIpc) is 3.35. The Bertz CT molecular complexity index is 655. The van der Waals surface area contributed by atoms with Crippen molar-refractivity contribution in [3.05, 3.63) is 23.8 Å². The summed E-state index contributed by atoms with van der Waals surface area (Å²) < 4.78 is 37.3. The third kappa shape index (κ3) is 3.57. The number of rotatable bonds is 7. The molecule has 1 aliphatic rings. The summed E-state index contributed by atoms with van der Waals surface area (Å²) in [6.45, 7) is 0.243. The fourth-order valence-electron chi connectivity index (χ4n) is 2.23. The summed E-state index contributed by atoms with van der Waals surface area (Å²) in [4.78, 5) is 11.5. The Labute approximate surface area is 129 Å². The first-order chi connectivity index (χ1) is 10.4. The summed E-state index contributed by atoms with van der Waals surface area (Å²) in [5, 5.41) is 0. The van der Waals surface area contributed by atoms with E-state index in [1.807, 2.05) is 0 Å². The SMILES string of the molecule is COC(=O)c1ccc(S(=O)(=O)NC(CN)C2CC2)c(OC)c1. The molecule has 0 aliphatic heterocycles. The number of nitrogens with one attached hydrogen (secondary N) is 1. The Morgan fingerprint density at radius 2 is 2.09 bits per heavy atom. The minimum absolute atomic E-state index is 0.0262. The molecule has 122 valence electrons. The van der Waals surface area contributed by atoms with Crippen LogP contribution in [0.5, 0.6) is 5.75 Å². The van der Waals surface area contributed by atoms with Gasteiger partial charge in [0.15, 0.2) is 0 Å². The van der Waals surface area contributed by atoms with Gasteiger partial charge in [-0.05, 0) is 37.0 Å². The highest BCUT2D eigenvalue weighted by Gasteiger charge is 2.34. The zero-order valence-corrected chi connectivity index (χ0v) is 13.4. The third-order valence-corrected chi connectivity index (χ3v) is 5.16. The predicted octanol–water partition coefficient (Wildman–Crippen LogP) is 0.497. The summed E-state index contributed by atoms with van der Waals surface area (Å²) in [7, 11) is -1.18. The van der Waals surface area contributed by atoms with Crippen LogP contribution in [0.1, 0.15) is 23.2 Å². The van der Waals surface area contributed by atoms with E-state index in [-0.39, 0.29) is 28.8 Å². The quantitative estimate of drug-likeness (QED) is 0.706. The van der Waals surface area contributed by atoms with Crippen LogP contribution in [0.25, 0.3) is 0 Å². The van der Waals surface area contributed by atoms with E-state index in [2.05, 4.69) is 9.46 Å². The van der Waals surface area contributed by atoms with Crippen molar-refractivity contribution in [1.29, 1.82) is 0 Å². The Kier molecular flexibility index (Phi) is 5.05. The van der Waals surface area contributed by atoms with Crippen molar-refractivity contribution < 1.29 is 22.7 Å². The van der Waals surface area contributed by atoms with Crippen molar-refractivity contribution in [3.63, 3.8) is 0 Å². The van der Waals surface area contributed by atoms with Gasteiger partial charge in [-0.1, -0.05) is 0 Å². The number of ether oxygens (including phenoxy) is 2. The summed E-state index contributed by atoms with van der Waals surface area (Å²) >= 11 is 0. The molecule has 3 N–H and O–H groups in total. The van der Waals surface area contributed by atoms with E-state index in [1.54, 1.807) is 0 Å². The predicted molar refractivity (Wildman–Crippen MR) is 80.2 cm³/mol. The number of hydrogen-bond donors (Lipinski definition) is 2. The second-order valence-corrected chi connectivity index (χ2v) is 6.84. The highest BCUT2D eigenvalue weighted by molar-refractivity contribution is 7.89. The first-order valence-corrected chi connectivity index (χ1v) is 8.40. The summed E-state index contributed by atoms with van der Waals surface area (Å²) in [6, 6.07) is 3.77. The van der Waals surface area contributed by atoms with Gasteiger partial charge in [0.05, 0.1) is 19.8 Å². The molecule has 1 aromatic rings. The van der Waals surface area contributed by atoms with Gasteiger partial charge in [0.1, 0.15) is 10.6 Å². The van der Waals surface area contributed by atoms with Crippen molar-refractivity contribution in [2.75, 3.05) is 20.8 Å². The van der Waals surface area contributed by atoms with Crippen LogP contribution in [-0.2, 0) is 14.8 Å². The number of benzene rings is 1. The van der Waals surface area contributed by atoms with E-state index in [1.165, 1.54) is 32.4 Å². The molecule has 1 unspecified atom stereocenters. The van der Waals surface area contributed by atoms with Crippen molar-refractivity contribution in [2.24, 2.45) is 11.7 Å². The molecule has 2 rings (SSSR count). The van der Waals surface area contributed by atoms with E-state index in [0.29, 0.717) is 5.92 Å². The molecule has 1 aliphatic carbocycles. The number of nitrogens with two attached hydrogens (primary N) is 1. The van der Waals surface area contributed by atoms with E-state index in [0.717, 1.165) is 12.8 Å². The van der Waals surface area contributed by atoms with Gasteiger partial charge in [-0.15, -0.1) is 0 Å². The monoisotopic (exact) mass is 328 g/mol. The van der Waals surface area contributed by atoms with Crippen LogP contribution in [0.4, 0.5) is 0 Å². The standard InChI is InChI=1S/C14H20N2O5S/c1-20-12-7-10(14(17)21-2)5-6-13(12)22(18,19)16-11(8-15)9-3-4-9/h5-7,9,11,16H,3-4,8,15H2,1-2H3. The normalized spacial score (nSPS) is 16.1. The van der Waals surface area contributed by atoms with Gasteiger partial charge in [0.25, 0.3) is 0 Å². The third-order valence-electron chi connectivity index (χ3n) is 3.63. The molecule has 0 amide bonds. The molecule has 1 atom stereocenters. The summed E-state index contributed by atoms with van der Waals surface area (Å²) in [5.74, 6) is -0.185. The van der Waals surface area contributed by atoms with Crippen molar-refractivity contribution in [3.8, 4) is 5.75 Å². The molecule has 0 saturated heterocycles. The molecule has 0 radical (unpaired) electrons. The minimum Gasteiger partial charge on any atom is -0.495 e. The van der Waals surface area contributed by atoms with E-state index in [4.69, 9.17) is 10.5 Å². The molecular weight excluding hydrogens is 308 g/mol. The molecule has 22 heavy (non-hydrogen) atoms. The van der Waals surface area contributed by atoms with Gasteiger partial charge in [-0.25, -0.2) is 17.9 Å². The van der Waals surface area contributed by atoms with Crippen LogP contribution in [0, 0.1) is 5.92 Å². The number of carbonyl (C=O) groups is 1. The zero-order valence-electron chi connectivity index (χ0n) is 12.5. The molecule has 0 aromatic heterocycles. The largest absolute Gasteiger partial charge is 0.495 e. The fraction of sp³-hybridized carbons (Fsp3) is 0.500. The van der Waals surface area contributed by atoms with Crippen LogP contribution in [-0.4, -0.2) is 41.2 Å². The van der Waals surface area contributed by atoms with Gasteiger partial charge < -0.3 is 15.2 Å². The Hall–Kier alpha value is -1.64. The topological polar surface area (TPSA) is 108 Å². The number of methoxy groups -OCH3 is 2. The van der Waals surface area contributed by atoms with Crippen molar-refractivity contribution in [2.45, 2.75) is 23.8 Å². The first kappa shape index (κ1) is 16.7. The Morgan fingerprint density at radius 3 is 2.59 bits per heavy atom. The molecule has 7 nitrogen and oxygen atoms in total. The molecule has 0 bridgehead atoms. The smallest absolute Gasteiger partial charge is 0.337 e. The lowest BCUT2D eigenvalue weighted by Gasteiger charge is -2.17.